The van der Waals surface area contributed by atoms with E-state index in [0.29, 0.717) is 17.5 Å². The second-order valence-electron chi connectivity index (χ2n) is 4.78. The summed E-state index contributed by atoms with van der Waals surface area (Å²) in [4.78, 5) is 0. The molecule has 4 nitrogen and oxygen atoms in total. The maximum Gasteiger partial charge on any atom is 0.139 e. The van der Waals surface area contributed by atoms with Crippen molar-refractivity contribution >= 4 is 17.6 Å². The zero-order valence-corrected chi connectivity index (χ0v) is 11.0. The predicted octanol–water partition coefficient (Wildman–Crippen LogP) is 1.63. The van der Waals surface area contributed by atoms with Gasteiger partial charge in [0.1, 0.15) is 5.84 Å². The van der Waals surface area contributed by atoms with Crippen molar-refractivity contribution in [1.29, 1.82) is 0 Å². The summed E-state index contributed by atoms with van der Waals surface area (Å²) in [5.41, 5.74) is 5.82. The largest absolute Gasteiger partial charge is 0.409 e. The lowest BCUT2D eigenvalue weighted by Crippen LogP contribution is -2.29. The molecule has 0 spiro atoms. The van der Waals surface area contributed by atoms with Gasteiger partial charge in [0.2, 0.25) is 0 Å². The number of rotatable bonds is 8. The highest BCUT2D eigenvalue weighted by Gasteiger charge is 2.42. The first-order valence-electron chi connectivity index (χ1n) is 5.82. The van der Waals surface area contributed by atoms with Crippen LogP contribution in [-0.2, 0) is 0 Å². The van der Waals surface area contributed by atoms with Gasteiger partial charge in [-0.25, -0.2) is 0 Å². The highest BCUT2D eigenvalue weighted by Crippen LogP contribution is 2.48. The van der Waals surface area contributed by atoms with Gasteiger partial charge in [0.15, 0.2) is 0 Å². The summed E-state index contributed by atoms with van der Waals surface area (Å²) in [6.45, 7) is 4.29. The molecule has 1 unspecified atom stereocenters. The molecule has 0 amide bonds. The van der Waals surface area contributed by atoms with Gasteiger partial charge in [0, 0.05) is 18.2 Å². The van der Waals surface area contributed by atoms with Crippen molar-refractivity contribution in [3.63, 3.8) is 0 Å². The number of nitrogens with one attached hydrogen (secondary N) is 1. The minimum atomic E-state index is 0.277. The summed E-state index contributed by atoms with van der Waals surface area (Å²) in [7, 11) is 0. The van der Waals surface area contributed by atoms with Crippen LogP contribution in [0.3, 0.4) is 0 Å². The molecule has 94 valence electrons. The van der Waals surface area contributed by atoms with Crippen LogP contribution in [0.2, 0.25) is 0 Å². The number of hydrogen-bond acceptors (Lipinski definition) is 4. The molecule has 4 N–H and O–H groups in total. The topological polar surface area (TPSA) is 70.6 Å². The molecule has 0 aromatic heterocycles. The quantitative estimate of drug-likeness (QED) is 0.200. The van der Waals surface area contributed by atoms with Crippen LogP contribution in [0.5, 0.6) is 0 Å². The first kappa shape index (κ1) is 13.6. The van der Waals surface area contributed by atoms with Crippen molar-refractivity contribution in [2.45, 2.75) is 37.9 Å². The first-order chi connectivity index (χ1) is 7.62. The number of oxime groups is 1. The van der Waals surface area contributed by atoms with Gasteiger partial charge in [-0.3, -0.25) is 0 Å². The van der Waals surface area contributed by atoms with E-state index in [2.05, 4.69) is 23.7 Å². The van der Waals surface area contributed by atoms with Gasteiger partial charge >= 0.3 is 0 Å². The SMILES string of the molecule is CSC(C)CCNCC1(CC(N)=NO)CC1. The number of amidine groups is 1. The van der Waals surface area contributed by atoms with Crippen molar-refractivity contribution in [2.75, 3.05) is 19.3 Å². The highest BCUT2D eigenvalue weighted by atomic mass is 32.2. The molecule has 1 rings (SSSR count). The average Bonchev–Trinajstić information content (AvgIpc) is 3.04. The molecule has 0 aromatic carbocycles. The molecular formula is C11H23N3OS. The number of nitrogens with two attached hydrogens (primary N) is 1. The Bertz CT molecular complexity index is 241. The lowest BCUT2D eigenvalue weighted by Gasteiger charge is -2.16. The summed E-state index contributed by atoms with van der Waals surface area (Å²) in [5, 5.41) is 15.8. The van der Waals surface area contributed by atoms with E-state index < -0.39 is 0 Å². The Kier molecular flexibility index (Phi) is 5.41. The minimum Gasteiger partial charge on any atom is -0.409 e. The molecule has 0 aromatic rings. The number of thioether (sulfide) groups is 1. The second kappa shape index (κ2) is 6.35. The van der Waals surface area contributed by atoms with Crippen LogP contribution in [-0.4, -0.2) is 35.6 Å². The Balaban J connectivity index is 2.13. The maximum atomic E-state index is 8.54. The van der Waals surface area contributed by atoms with Gasteiger partial charge in [-0.2, -0.15) is 11.8 Å². The molecule has 16 heavy (non-hydrogen) atoms. The van der Waals surface area contributed by atoms with E-state index in [0.717, 1.165) is 13.1 Å². The molecule has 1 saturated carbocycles. The van der Waals surface area contributed by atoms with Crippen LogP contribution in [0, 0.1) is 5.41 Å². The van der Waals surface area contributed by atoms with Crippen LogP contribution in [0.25, 0.3) is 0 Å². The van der Waals surface area contributed by atoms with Gasteiger partial charge in [0.05, 0.1) is 0 Å². The van der Waals surface area contributed by atoms with Crippen molar-refractivity contribution in [3.8, 4) is 0 Å². The van der Waals surface area contributed by atoms with Gasteiger partial charge in [-0.1, -0.05) is 12.1 Å². The lowest BCUT2D eigenvalue weighted by atomic mass is 10.0. The fraction of sp³-hybridized carbons (Fsp3) is 0.909. The van der Waals surface area contributed by atoms with E-state index in [9.17, 15) is 0 Å². The number of nitrogens with zero attached hydrogens (tertiary/aromatic N) is 1. The molecule has 1 aliphatic rings. The molecule has 0 aliphatic heterocycles. The number of hydrogen-bond donors (Lipinski definition) is 3. The standard InChI is InChI=1S/C11H23N3OS/c1-9(16-2)3-6-13-8-11(4-5-11)7-10(12)14-15/h9,13,15H,3-8H2,1-2H3,(H2,12,14). The van der Waals surface area contributed by atoms with Crippen LogP contribution >= 0.6 is 11.8 Å². The molecule has 0 heterocycles. The molecule has 1 fully saturated rings. The van der Waals surface area contributed by atoms with Crippen LogP contribution in [0.15, 0.2) is 5.16 Å². The van der Waals surface area contributed by atoms with Gasteiger partial charge in [-0.15, -0.1) is 0 Å². The maximum absolute atomic E-state index is 8.54. The minimum absolute atomic E-state index is 0.277. The third kappa shape index (κ3) is 4.61. The van der Waals surface area contributed by atoms with Gasteiger partial charge < -0.3 is 16.3 Å². The van der Waals surface area contributed by atoms with Crippen LogP contribution < -0.4 is 11.1 Å². The normalized spacial score (nSPS) is 20.8. The average molecular weight is 245 g/mol. The molecule has 0 saturated heterocycles. The smallest absolute Gasteiger partial charge is 0.139 e. The molecule has 0 bridgehead atoms. The predicted molar refractivity (Wildman–Crippen MR) is 70.2 cm³/mol. The molecule has 0 radical (unpaired) electrons. The van der Waals surface area contributed by atoms with E-state index >= 15 is 0 Å². The Morgan fingerprint density at radius 1 is 1.62 bits per heavy atom. The summed E-state index contributed by atoms with van der Waals surface area (Å²) in [6, 6.07) is 0. The van der Waals surface area contributed by atoms with E-state index in [4.69, 9.17) is 10.9 Å². The Labute approximate surface area is 102 Å². The zero-order chi connectivity index (χ0) is 12.0. The summed E-state index contributed by atoms with van der Waals surface area (Å²) >= 11 is 1.90. The van der Waals surface area contributed by atoms with E-state index in [1.54, 1.807) is 0 Å². The second-order valence-corrected chi connectivity index (χ2v) is 6.06. The van der Waals surface area contributed by atoms with E-state index in [-0.39, 0.29) is 5.41 Å². The highest BCUT2D eigenvalue weighted by molar-refractivity contribution is 7.99. The third-order valence-electron chi connectivity index (χ3n) is 3.27. The van der Waals surface area contributed by atoms with Crippen molar-refractivity contribution < 1.29 is 5.21 Å². The molecular weight excluding hydrogens is 222 g/mol. The van der Waals surface area contributed by atoms with E-state index in [1.165, 1.54) is 19.3 Å². The Hall–Kier alpha value is -0.420. The monoisotopic (exact) mass is 245 g/mol. The third-order valence-corrected chi connectivity index (χ3v) is 4.31. The van der Waals surface area contributed by atoms with E-state index in [1.807, 2.05) is 11.8 Å². The fourth-order valence-corrected chi connectivity index (χ4v) is 2.14. The summed E-state index contributed by atoms with van der Waals surface area (Å²) in [5.74, 6) is 0.358. The zero-order valence-electron chi connectivity index (χ0n) is 10.2. The lowest BCUT2D eigenvalue weighted by molar-refractivity contribution is 0.314. The molecule has 1 aliphatic carbocycles. The molecule has 5 heteroatoms. The van der Waals surface area contributed by atoms with Gasteiger partial charge in [0.25, 0.3) is 0 Å². The molecule has 1 atom stereocenters. The first-order valence-corrected chi connectivity index (χ1v) is 7.10. The van der Waals surface area contributed by atoms with Crippen molar-refractivity contribution in [1.82, 2.24) is 5.32 Å². The summed E-state index contributed by atoms with van der Waals surface area (Å²) in [6.07, 6.45) is 6.43. The van der Waals surface area contributed by atoms with Crippen molar-refractivity contribution in [3.05, 3.63) is 0 Å². The van der Waals surface area contributed by atoms with Crippen LogP contribution in [0.1, 0.15) is 32.6 Å². The Morgan fingerprint density at radius 2 is 2.31 bits per heavy atom. The fourth-order valence-electron chi connectivity index (χ4n) is 1.79. The Morgan fingerprint density at radius 3 is 2.81 bits per heavy atom. The summed E-state index contributed by atoms with van der Waals surface area (Å²) < 4.78 is 0. The van der Waals surface area contributed by atoms with Crippen LogP contribution in [0.4, 0.5) is 0 Å². The van der Waals surface area contributed by atoms with Gasteiger partial charge in [-0.05, 0) is 37.5 Å². The van der Waals surface area contributed by atoms with Crippen molar-refractivity contribution in [2.24, 2.45) is 16.3 Å².